The standard InChI is InChI=1S/C15H18FNO3S/c16-12-7-3-4-8-13(12)21-10-15(19)20-9-14(18)17-11-5-1-2-6-11/h3-4,7-8,11H,1-2,5-6,9-10H2,(H,17,18). The van der Waals surface area contributed by atoms with Crippen molar-refractivity contribution < 1.29 is 18.7 Å². The zero-order chi connectivity index (χ0) is 15.1. The number of amides is 1. The summed E-state index contributed by atoms with van der Waals surface area (Å²) in [5.74, 6) is -1.18. The Hall–Kier alpha value is -1.56. The van der Waals surface area contributed by atoms with E-state index in [0.717, 1.165) is 37.4 Å². The van der Waals surface area contributed by atoms with Gasteiger partial charge in [0.1, 0.15) is 5.82 Å². The summed E-state index contributed by atoms with van der Waals surface area (Å²) in [7, 11) is 0. The summed E-state index contributed by atoms with van der Waals surface area (Å²) in [4.78, 5) is 23.5. The van der Waals surface area contributed by atoms with Crippen molar-refractivity contribution in [2.75, 3.05) is 12.4 Å². The Morgan fingerprint density at radius 3 is 2.71 bits per heavy atom. The first-order chi connectivity index (χ1) is 10.1. The van der Waals surface area contributed by atoms with Crippen molar-refractivity contribution in [3.63, 3.8) is 0 Å². The molecule has 0 unspecified atom stereocenters. The molecule has 1 saturated carbocycles. The molecule has 21 heavy (non-hydrogen) atoms. The minimum Gasteiger partial charge on any atom is -0.455 e. The van der Waals surface area contributed by atoms with Crippen molar-refractivity contribution >= 4 is 23.6 Å². The number of halogens is 1. The molecule has 0 atom stereocenters. The van der Waals surface area contributed by atoms with Gasteiger partial charge in [-0.1, -0.05) is 25.0 Å². The van der Waals surface area contributed by atoms with E-state index in [4.69, 9.17) is 4.74 Å². The smallest absolute Gasteiger partial charge is 0.316 e. The van der Waals surface area contributed by atoms with Crippen molar-refractivity contribution in [1.29, 1.82) is 0 Å². The van der Waals surface area contributed by atoms with E-state index in [-0.39, 0.29) is 30.1 Å². The first-order valence-electron chi connectivity index (χ1n) is 6.97. The number of thioether (sulfide) groups is 1. The zero-order valence-corrected chi connectivity index (χ0v) is 12.5. The Morgan fingerprint density at radius 1 is 1.29 bits per heavy atom. The molecule has 1 N–H and O–H groups in total. The second-order valence-electron chi connectivity index (χ2n) is 4.93. The fraction of sp³-hybridized carbons (Fsp3) is 0.467. The Morgan fingerprint density at radius 2 is 2.00 bits per heavy atom. The number of rotatable bonds is 6. The van der Waals surface area contributed by atoms with Crippen LogP contribution in [0.5, 0.6) is 0 Å². The number of ether oxygens (including phenoxy) is 1. The van der Waals surface area contributed by atoms with Gasteiger partial charge < -0.3 is 10.1 Å². The van der Waals surface area contributed by atoms with Crippen LogP contribution in [-0.4, -0.2) is 30.3 Å². The Kier molecular flexibility index (Phi) is 6.04. The van der Waals surface area contributed by atoms with Gasteiger partial charge in [-0.2, -0.15) is 0 Å². The average molecular weight is 311 g/mol. The third-order valence-electron chi connectivity index (χ3n) is 3.27. The van der Waals surface area contributed by atoms with Crippen LogP contribution >= 0.6 is 11.8 Å². The first-order valence-corrected chi connectivity index (χ1v) is 7.96. The fourth-order valence-electron chi connectivity index (χ4n) is 2.23. The van der Waals surface area contributed by atoms with Crippen molar-refractivity contribution in [3.8, 4) is 0 Å². The predicted octanol–water partition coefficient (Wildman–Crippen LogP) is 2.52. The molecule has 0 spiro atoms. The van der Waals surface area contributed by atoms with Gasteiger partial charge in [0.05, 0.1) is 5.75 Å². The van der Waals surface area contributed by atoms with Crippen LogP contribution in [0.3, 0.4) is 0 Å². The quantitative estimate of drug-likeness (QED) is 0.648. The van der Waals surface area contributed by atoms with E-state index < -0.39 is 5.97 Å². The Labute approximate surface area is 127 Å². The van der Waals surface area contributed by atoms with Gasteiger partial charge in [-0.05, 0) is 25.0 Å². The number of hydrogen-bond donors (Lipinski definition) is 1. The Balaban J connectivity index is 1.65. The van der Waals surface area contributed by atoms with E-state index >= 15 is 0 Å². The predicted molar refractivity (Wildman–Crippen MR) is 78.5 cm³/mol. The SMILES string of the molecule is O=C(COC(=O)CSc1ccccc1F)NC1CCCC1. The maximum Gasteiger partial charge on any atom is 0.316 e. The molecule has 1 amide bonds. The van der Waals surface area contributed by atoms with Crippen molar-refractivity contribution in [3.05, 3.63) is 30.1 Å². The highest BCUT2D eigenvalue weighted by Crippen LogP contribution is 2.21. The lowest BCUT2D eigenvalue weighted by atomic mass is 10.2. The van der Waals surface area contributed by atoms with Crippen LogP contribution in [0, 0.1) is 5.82 Å². The average Bonchev–Trinajstić information content (AvgIpc) is 2.97. The molecule has 1 aliphatic carbocycles. The van der Waals surface area contributed by atoms with E-state index in [1.807, 2.05) is 0 Å². The molecule has 0 saturated heterocycles. The molecule has 1 aromatic rings. The highest BCUT2D eigenvalue weighted by atomic mass is 32.2. The van der Waals surface area contributed by atoms with E-state index in [9.17, 15) is 14.0 Å². The van der Waals surface area contributed by atoms with E-state index in [0.29, 0.717) is 4.90 Å². The highest BCUT2D eigenvalue weighted by molar-refractivity contribution is 8.00. The maximum absolute atomic E-state index is 13.3. The molecular formula is C15H18FNO3S. The third kappa shape index (κ3) is 5.38. The van der Waals surface area contributed by atoms with E-state index in [1.165, 1.54) is 6.07 Å². The van der Waals surface area contributed by atoms with Crippen LogP contribution < -0.4 is 5.32 Å². The molecule has 1 aliphatic rings. The molecule has 0 radical (unpaired) electrons. The van der Waals surface area contributed by atoms with Gasteiger partial charge in [0.25, 0.3) is 5.91 Å². The van der Waals surface area contributed by atoms with Gasteiger partial charge in [0.2, 0.25) is 0 Å². The zero-order valence-electron chi connectivity index (χ0n) is 11.6. The lowest BCUT2D eigenvalue weighted by Crippen LogP contribution is -2.36. The Bertz CT molecular complexity index is 503. The van der Waals surface area contributed by atoms with Crippen LogP contribution in [0.15, 0.2) is 29.2 Å². The lowest BCUT2D eigenvalue weighted by Gasteiger charge is -2.11. The number of hydrogen-bond acceptors (Lipinski definition) is 4. The van der Waals surface area contributed by atoms with E-state index in [2.05, 4.69) is 5.32 Å². The summed E-state index contributed by atoms with van der Waals surface area (Å²) in [6.07, 6.45) is 4.24. The molecule has 2 rings (SSSR count). The summed E-state index contributed by atoms with van der Waals surface area (Å²) >= 11 is 1.06. The van der Waals surface area contributed by atoms with Gasteiger partial charge in [-0.15, -0.1) is 11.8 Å². The molecule has 0 aliphatic heterocycles. The molecule has 114 valence electrons. The minimum atomic E-state index is -0.523. The summed E-state index contributed by atoms with van der Waals surface area (Å²) in [6.45, 7) is -0.271. The summed E-state index contributed by atoms with van der Waals surface area (Å²) < 4.78 is 18.2. The number of carbonyl (C=O) groups excluding carboxylic acids is 2. The van der Waals surface area contributed by atoms with Crippen molar-refractivity contribution in [2.24, 2.45) is 0 Å². The van der Waals surface area contributed by atoms with Gasteiger partial charge in [0, 0.05) is 10.9 Å². The topological polar surface area (TPSA) is 55.4 Å². The molecule has 1 aromatic carbocycles. The van der Waals surface area contributed by atoms with Crippen LogP contribution in [0.1, 0.15) is 25.7 Å². The molecule has 4 nitrogen and oxygen atoms in total. The second-order valence-corrected chi connectivity index (χ2v) is 5.95. The number of carbonyl (C=O) groups is 2. The van der Waals surface area contributed by atoms with Crippen LogP contribution in [0.4, 0.5) is 4.39 Å². The molecule has 6 heteroatoms. The largest absolute Gasteiger partial charge is 0.455 e. The first kappa shape index (κ1) is 15.8. The molecule has 0 heterocycles. The fourth-order valence-corrected chi connectivity index (χ4v) is 2.96. The molecular weight excluding hydrogens is 293 g/mol. The normalized spacial score (nSPS) is 14.9. The van der Waals surface area contributed by atoms with Gasteiger partial charge in [-0.3, -0.25) is 9.59 Å². The van der Waals surface area contributed by atoms with Gasteiger partial charge in [0.15, 0.2) is 6.61 Å². The minimum absolute atomic E-state index is 0.0162. The van der Waals surface area contributed by atoms with Crippen LogP contribution in [-0.2, 0) is 14.3 Å². The van der Waals surface area contributed by atoms with Gasteiger partial charge in [-0.25, -0.2) is 4.39 Å². The second kappa shape index (κ2) is 8.02. The highest BCUT2D eigenvalue weighted by Gasteiger charge is 2.17. The molecule has 0 bridgehead atoms. The molecule has 1 fully saturated rings. The lowest BCUT2D eigenvalue weighted by molar-refractivity contribution is -0.146. The van der Waals surface area contributed by atoms with Gasteiger partial charge >= 0.3 is 5.97 Å². The summed E-state index contributed by atoms with van der Waals surface area (Å²) in [5.41, 5.74) is 0. The summed E-state index contributed by atoms with van der Waals surface area (Å²) in [5, 5.41) is 2.83. The van der Waals surface area contributed by atoms with Crippen LogP contribution in [0.2, 0.25) is 0 Å². The van der Waals surface area contributed by atoms with E-state index in [1.54, 1.807) is 18.2 Å². The number of nitrogens with one attached hydrogen (secondary N) is 1. The maximum atomic E-state index is 13.3. The van der Waals surface area contributed by atoms with Crippen molar-refractivity contribution in [1.82, 2.24) is 5.32 Å². The summed E-state index contributed by atoms with van der Waals surface area (Å²) in [6, 6.07) is 6.43. The number of benzene rings is 1. The molecule has 0 aromatic heterocycles. The third-order valence-corrected chi connectivity index (χ3v) is 4.29. The van der Waals surface area contributed by atoms with Crippen LogP contribution in [0.25, 0.3) is 0 Å². The van der Waals surface area contributed by atoms with Crippen molar-refractivity contribution in [2.45, 2.75) is 36.6 Å². The number of esters is 1. The monoisotopic (exact) mass is 311 g/mol.